The Kier molecular flexibility index (Phi) is 8.97. The number of ketones is 1. The summed E-state index contributed by atoms with van der Waals surface area (Å²) in [6.45, 7) is 4.20. The molecule has 4 heterocycles. The summed E-state index contributed by atoms with van der Waals surface area (Å²) in [7, 11) is -3.15. The van der Waals surface area contributed by atoms with Crippen LogP contribution in [-0.4, -0.2) is 71.2 Å². The second kappa shape index (κ2) is 12.4. The number of thiazole rings is 1. The SMILES string of the molecule is CC(=O)Nc1cc(-c2nc(C(F)(F)F)cs2)c(-c2ccc3c(c2)c(=O)c(C(C)=O)cn3[C@H]2CCCN(CCS(C)(=O)=O)C2)cn1. The lowest BCUT2D eigenvalue weighted by atomic mass is 9.97. The highest BCUT2D eigenvalue weighted by atomic mass is 32.2. The van der Waals surface area contributed by atoms with Crippen molar-refractivity contribution in [2.45, 2.75) is 38.9 Å². The number of Topliss-reactive ketones (excluding diaryl/α,β-unsaturated/α-hetero) is 1. The fourth-order valence-electron chi connectivity index (χ4n) is 5.47. The molecular weight excluding hydrogens is 631 g/mol. The predicted molar refractivity (Wildman–Crippen MR) is 166 cm³/mol. The van der Waals surface area contributed by atoms with Gasteiger partial charge in [0, 0.05) is 66.6 Å². The summed E-state index contributed by atoms with van der Waals surface area (Å²) in [6.07, 6.45) is 1.03. The third kappa shape index (κ3) is 7.31. The molecule has 1 saturated heterocycles. The number of amides is 1. The van der Waals surface area contributed by atoms with Crippen molar-refractivity contribution >= 4 is 49.6 Å². The summed E-state index contributed by atoms with van der Waals surface area (Å²) in [6, 6.07) is 6.31. The van der Waals surface area contributed by atoms with E-state index in [-0.39, 0.29) is 39.1 Å². The molecule has 3 aromatic heterocycles. The molecule has 0 unspecified atom stereocenters. The average molecular weight is 662 g/mol. The molecule has 1 fully saturated rings. The zero-order valence-corrected chi connectivity index (χ0v) is 26.3. The molecule has 10 nitrogen and oxygen atoms in total. The number of anilines is 1. The number of nitrogens with zero attached hydrogens (tertiary/aromatic N) is 4. The number of sulfone groups is 1. The largest absolute Gasteiger partial charge is 0.434 e. The van der Waals surface area contributed by atoms with E-state index in [9.17, 15) is 36.0 Å². The lowest BCUT2D eigenvalue weighted by Gasteiger charge is -2.34. The Morgan fingerprint density at radius 1 is 1.16 bits per heavy atom. The Labute approximate surface area is 260 Å². The van der Waals surface area contributed by atoms with Crippen molar-refractivity contribution in [2.75, 3.05) is 37.0 Å². The molecule has 1 aliphatic heterocycles. The molecule has 238 valence electrons. The van der Waals surface area contributed by atoms with E-state index in [4.69, 9.17) is 0 Å². The van der Waals surface area contributed by atoms with Crippen LogP contribution in [0.5, 0.6) is 0 Å². The molecule has 4 aromatic rings. The Hall–Kier alpha value is -3.95. The first-order valence-corrected chi connectivity index (χ1v) is 17.0. The lowest BCUT2D eigenvalue weighted by Crippen LogP contribution is -2.39. The second-order valence-electron chi connectivity index (χ2n) is 11.1. The van der Waals surface area contributed by atoms with Crippen molar-refractivity contribution in [1.29, 1.82) is 0 Å². The summed E-state index contributed by atoms with van der Waals surface area (Å²) in [4.78, 5) is 48.0. The van der Waals surface area contributed by atoms with Crippen molar-refractivity contribution in [3.63, 3.8) is 0 Å². The molecular formula is C30H30F3N5O5S2. The molecule has 1 N–H and O–H groups in total. The van der Waals surface area contributed by atoms with Gasteiger partial charge in [0.2, 0.25) is 5.91 Å². The van der Waals surface area contributed by atoms with E-state index in [0.29, 0.717) is 29.7 Å². The molecule has 15 heteroatoms. The van der Waals surface area contributed by atoms with Crippen molar-refractivity contribution < 1.29 is 31.2 Å². The number of likely N-dealkylation sites (tertiary alicyclic amines) is 1. The summed E-state index contributed by atoms with van der Waals surface area (Å²) < 4.78 is 65.6. The van der Waals surface area contributed by atoms with Gasteiger partial charge in [-0.15, -0.1) is 11.3 Å². The lowest BCUT2D eigenvalue weighted by molar-refractivity contribution is -0.140. The highest BCUT2D eigenvalue weighted by Crippen LogP contribution is 2.39. The number of pyridine rings is 2. The number of nitrogens with one attached hydrogen (secondary N) is 1. The van der Waals surface area contributed by atoms with Gasteiger partial charge in [-0.25, -0.2) is 18.4 Å². The van der Waals surface area contributed by atoms with Crippen LogP contribution in [-0.2, 0) is 20.8 Å². The maximum absolute atomic E-state index is 13.6. The van der Waals surface area contributed by atoms with Gasteiger partial charge in [0.05, 0.1) is 16.8 Å². The monoisotopic (exact) mass is 661 g/mol. The van der Waals surface area contributed by atoms with Gasteiger partial charge in [-0.05, 0) is 50.1 Å². The summed E-state index contributed by atoms with van der Waals surface area (Å²) in [5.74, 6) is -0.704. The first kappa shape index (κ1) is 32.4. The van der Waals surface area contributed by atoms with E-state index in [0.717, 1.165) is 36.1 Å². The Morgan fingerprint density at radius 3 is 2.56 bits per heavy atom. The van der Waals surface area contributed by atoms with Gasteiger partial charge in [0.1, 0.15) is 20.7 Å². The van der Waals surface area contributed by atoms with E-state index < -0.39 is 38.8 Å². The van der Waals surface area contributed by atoms with E-state index in [1.54, 1.807) is 24.4 Å². The number of hydrogen-bond donors (Lipinski definition) is 1. The molecule has 0 bridgehead atoms. The molecule has 0 saturated carbocycles. The number of piperidine rings is 1. The number of carbonyl (C=O) groups excluding carboxylic acids is 2. The van der Waals surface area contributed by atoms with Gasteiger partial charge in [-0.3, -0.25) is 14.4 Å². The first-order chi connectivity index (χ1) is 21.1. The van der Waals surface area contributed by atoms with Crippen LogP contribution < -0.4 is 10.7 Å². The maximum Gasteiger partial charge on any atom is 0.434 e. The van der Waals surface area contributed by atoms with Crippen LogP contribution in [0, 0.1) is 0 Å². The second-order valence-corrected chi connectivity index (χ2v) is 14.2. The van der Waals surface area contributed by atoms with Crippen molar-refractivity contribution in [1.82, 2.24) is 19.4 Å². The molecule has 1 aromatic carbocycles. The normalized spacial score (nSPS) is 16.2. The predicted octanol–water partition coefficient (Wildman–Crippen LogP) is 5.05. The number of alkyl halides is 3. The summed E-state index contributed by atoms with van der Waals surface area (Å²) in [5.41, 5.74) is 0.0909. The van der Waals surface area contributed by atoms with Gasteiger partial charge in [-0.1, -0.05) is 6.07 Å². The standard InChI is InChI=1S/C30H30F3N5O5S2/c1-17(39)24-15-38(20-5-4-8-37(14-20)9-10-45(3,42)43)25-7-6-19(11-22(25)28(24)41)23-13-34-27(35-18(2)40)12-21(23)29-36-26(16-44-29)30(31,32)33/h6-7,11-13,15-16,20H,4-5,8-10,14H2,1-3H3,(H,34,35,40)/t20-/m0/s1. The van der Waals surface area contributed by atoms with E-state index in [1.807, 2.05) is 4.57 Å². The van der Waals surface area contributed by atoms with Gasteiger partial charge in [0.25, 0.3) is 0 Å². The molecule has 0 spiro atoms. The zero-order chi connectivity index (χ0) is 32.7. The topological polar surface area (TPSA) is 131 Å². The third-order valence-electron chi connectivity index (χ3n) is 7.61. The Bertz CT molecular complexity index is 1970. The van der Waals surface area contributed by atoms with Crippen LogP contribution in [0.4, 0.5) is 19.0 Å². The minimum absolute atomic E-state index is 0.0120. The average Bonchev–Trinajstić information content (AvgIpc) is 3.47. The van der Waals surface area contributed by atoms with E-state index in [1.165, 1.54) is 32.4 Å². The number of rotatable bonds is 8. The molecule has 5 rings (SSSR count). The highest BCUT2D eigenvalue weighted by Gasteiger charge is 2.34. The van der Waals surface area contributed by atoms with Crippen LogP contribution in [0.25, 0.3) is 32.6 Å². The fraction of sp³-hybridized carbons (Fsp3) is 0.367. The minimum Gasteiger partial charge on any atom is -0.342 e. The Morgan fingerprint density at radius 2 is 1.91 bits per heavy atom. The summed E-state index contributed by atoms with van der Waals surface area (Å²) in [5, 5.41) is 3.71. The maximum atomic E-state index is 13.6. The number of aromatic nitrogens is 3. The minimum atomic E-state index is -4.65. The molecule has 0 aliphatic carbocycles. The number of carbonyl (C=O) groups is 2. The summed E-state index contributed by atoms with van der Waals surface area (Å²) >= 11 is 0.781. The van der Waals surface area contributed by atoms with Gasteiger partial charge < -0.3 is 14.8 Å². The van der Waals surface area contributed by atoms with Crippen molar-refractivity contribution in [2.24, 2.45) is 0 Å². The van der Waals surface area contributed by atoms with Gasteiger partial charge >= 0.3 is 6.18 Å². The van der Waals surface area contributed by atoms with Crippen LogP contribution in [0.1, 0.15) is 48.8 Å². The number of fused-ring (bicyclic) bond motifs is 1. The quantitative estimate of drug-likeness (QED) is 0.260. The Balaban J connectivity index is 1.63. The number of halogens is 3. The van der Waals surface area contributed by atoms with Crippen LogP contribution in [0.2, 0.25) is 0 Å². The third-order valence-corrected chi connectivity index (χ3v) is 9.41. The fourth-order valence-corrected chi connectivity index (χ4v) is 6.92. The molecule has 0 radical (unpaired) electrons. The van der Waals surface area contributed by atoms with Crippen LogP contribution in [0.3, 0.4) is 0 Å². The van der Waals surface area contributed by atoms with Crippen molar-refractivity contribution in [3.8, 4) is 21.7 Å². The van der Waals surface area contributed by atoms with Crippen LogP contribution >= 0.6 is 11.3 Å². The van der Waals surface area contributed by atoms with E-state index in [2.05, 4.69) is 20.2 Å². The van der Waals surface area contributed by atoms with Crippen molar-refractivity contribution in [3.05, 3.63) is 63.5 Å². The smallest absolute Gasteiger partial charge is 0.342 e. The zero-order valence-electron chi connectivity index (χ0n) is 24.6. The van der Waals surface area contributed by atoms with E-state index >= 15 is 0 Å². The van der Waals surface area contributed by atoms with Crippen LogP contribution in [0.15, 0.2) is 46.8 Å². The molecule has 1 amide bonds. The first-order valence-electron chi connectivity index (χ1n) is 14.0. The molecule has 45 heavy (non-hydrogen) atoms. The number of benzene rings is 1. The van der Waals surface area contributed by atoms with Gasteiger partial charge in [-0.2, -0.15) is 13.2 Å². The molecule has 1 atom stereocenters. The number of hydrogen-bond acceptors (Lipinski definition) is 9. The highest BCUT2D eigenvalue weighted by molar-refractivity contribution is 7.90. The van der Waals surface area contributed by atoms with Gasteiger partial charge in [0.15, 0.2) is 16.9 Å². The molecule has 1 aliphatic rings.